The highest BCUT2D eigenvalue weighted by Crippen LogP contribution is 2.18. The lowest BCUT2D eigenvalue weighted by Gasteiger charge is -2.07. The van der Waals surface area contributed by atoms with Crippen molar-refractivity contribution in [1.82, 2.24) is 5.32 Å². The summed E-state index contributed by atoms with van der Waals surface area (Å²) < 4.78 is 5.49. The van der Waals surface area contributed by atoms with Gasteiger partial charge in [-0.25, -0.2) is 0 Å². The molecular weight excluding hydrogens is 290 g/mol. The van der Waals surface area contributed by atoms with Gasteiger partial charge in [0.25, 0.3) is 5.17 Å². The third-order valence-corrected chi connectivity index (χ3v) is 3.90. The highest BCUT2D eigenvalue weighted by Gasteiger charge is 2.22. The highest BCUT2D eigenvalue weighted by atomic mass is 32.1. The van der Waals surface area contributed by atoms with E-state index >= 15 is 0 Å². The Morgan fingerprint density at radius 1 is 1.00 bits per heavy atom. The van der Waals surface area contributed by atoms with Crippen LogP contribution < -0.4 is 5.32 Å². The quantitative estimate of drug-likeness (QED) is 0.450. The van der Waals surface area contributed by atoms with Crippen molar-refractivity contribution in [2.75, 3.05) is 6.61 Å². The molecule has 1 N–H and O–H groups in total. The maximum absolute atomic E-state index is 5.49. The maximum atomic E-state index is 5.49. The van der Waals surface area contributed by atoms with Crippen LogP contribution in [0.25, 0.3) is 0 Å². The van der Waals surface area contributed by atoms with Gasteiger partial charge in [-0.15, -0.1) is 0 Å². The van der Waals surface area contributed by atoms with E-state index in [-0.39, 0.29) is 0 Å². The van der Waals surface area contributed by atoms with Gasteiger partial charge in [-0.1, -0.05) is 28.9 Å². The van der Waals surface area contributed by atoms with Crippen LogP contribution in [0.3, 0.4) is 0 Å². The monoisotopic (exact) mass is 321 g/mol. The van der Waals surface area contributed by atoms with Crippen LogP contribution in [0, 0.1) is 0 Å². The average Bonchev–Trinajstić information content (AvgIpc) is 3.22. The molecular formula is C19H31NOS. The number of rotatable bonds is 9. The molecule has 1 saturated carbocycles. The van der Waals surface area contributed by atoms with Crippen molar-refractivity contribution in [1.29, 1.82) is 0 Å². The molecule has 0 bridgehead atoms. The van der Waals surface area contributed by atoms with Crippen LogP contribution in [0.15, 0.2) is 34.9 Å². The van der Waals surface area contributed by atoms with Gasteiger partial charge in [-0.05, 0) is 84.5 Å². The van der Waals surface area contributed by atoms with Crippen molar-refractivity contribution in [3.63, 3.8) is 0 Å². The van der Waals surface area contributed by atoms with Crippen LogP contribution in [0.2, 0.25) is 0 Å². The number of allylic oxidation sites excluding steroid dienone is 5. The predicted octanol–water partition coefficient (Wildman–Crippen LogP) is 5.46. The zero-order valence-electron chi connectivity index (χ0n) is 14.6. The molecule has 124 valence electrons. The molecule has 0 aromatic heterocycles. The molecule has 0 atom stereocenters. The molecule has 3 heteroatoms. The molecule has 1 aliphatic rings. The van der Waals surface area contributed by atoms with Gasteiger partial charge in [0.1, 0.15) is 6.61 Å². The van der Waals surface area contributed by atoms with E-state index in [2.05, 4.69) is 51.2 Å². The highest BCUT2D eigenvalue weighted by molar-refractivity contribution is 7.80. The molecule has 2 nitrogen and oxygen atoms in total. The summed E-state index contributed by atoms with van der Waals surface area (Å²) >= 11 is 5.13. The molecule has 22 heavy (non-hydrogen) atoms. The zero-order chi connectivity index (χ0) is 16.4. The number of ether oxygens (including phenoxy) is 1. The van der Waals surface area contributed by atoms with Crippen LogP contribution in [-0.4, -0.2) is 17.8 Å². The summed E-state index contributed by atoms with van der Waals surface area (Å²) in [5.41, 5.74) is 4.25. The van der Waals surface area contributed by atoms with Crippen LogP contribution in [-0.2, 0) is 4.74 Å². The largest absolute Gasteiger partial charge is 0.467 e. The van der Waals surface area contributed by atoms with Gasteiger partial charge in [0.05, 0.1) is 0 Å². The predicted molar refractivity (Wildman–Crippen MR) is 100 cm³/mol. The molecule has 0 saturated heterocycles. The molecule has 1 aliphatic carbocycles. The van der Waals surface area contributed by atoms with Crippen molar-refractivity contribution in [2.45, 2.75) is 72.3 Å². The fourth-order valence-corrected chi connectivity index (χ4v) is 2.27. The van der Waals surface area contributed by atoms with Crippen molar-refractivity contribution >= 4 is 17.4 Å². The second kappa shape index (κ2) is 10.6. The summed E-state index contributed by atoms with van der Waals surface area (Å²) in [6.07, 6.45) is 13.7. The van der Waals surface area contributed by atoms with E-state index in [1.165, 1.54) is 29.6 Å². The number of nitrogens with one attached hydrogen (secondary N) is 1. The Labute approximate surface area is 141 Å². The third-order valence-electron chi connectivity index (χ3n) is 3.67. The van der Waals surface area contributed by atoms with Gasteiger partial charge in [-0.2, -0.15) is 0 Å². The van der Waals surface area contributed by atoms with Gasteiger partial charge in [0.15, 0.2) is 0 Å². The summed E-state index contributed by atoms with van der Waals surface area (Å²) in [4.78, 5) is 0. The first-order valence-corrected chi connectivity index (χ1v) is 8.76. The van der Waals surface area contributed by atoms with Crippen LogP contribution in [0.5, 0.6) is 0 Å². The third kappa shape index (κ3) is 10.6. The fourth-order valence-electron chi connectivity index (χ4n) is 2.03. The van der Waals surface area contributed by atoms with Crippen molar-refractivity contribution in [2.24, 2.45) is 0 Å². The first-order chi connectivity index (χ1) is 10.5. The Kier molecular flexibility index (Phi) is 9.14. The molecule has 0 heterocycles. The van der Waals surface area contributed by atoms with Gasteiger partial charge >= 0.3 is 0 Å². The first kappa shape index (κ1) is 19.0. The molecule has 0 radical (unpaired) electrons. The maximum Gasteiger partial charge on any atom is 0.257 e. The first-order valence-electron chi connectivity index (χ1n) is 8.35. The Balaban J connectivity index is 2.12. The summed E-state index contributed by atoms with van der Waals surface area (Å²) in [7, 11) is 0. The fraction of sp³-hybridized carbons (Fsp3) is 0.632. The van der Waals surface area contributed by atoms with Crippen molar-refractivity contribution in [3.8, 4) is 0 Å². The minimum absolute atomic E-state index is 0.543. The Morgan fingerprint density at radius 3 is 2.18 bits per heavy atom. The van der Waals surface area contributed by atoms with Gasteiger partial charge in [0.2, 0.25) is 0 Å². The second-order valence-corrected chi connectivity index (χ2v) is 6.85. The molecule has 0 unspecified atom stereocenters. The van der Waals surface area contributed by atoms with Gasteiger partial charge < -0.3 is 10.1 Å². The van der Waals surface area contributed by atoms with E-state index in [1.807, 2.05) is 0 Å². The van der Waals surface area contributed by atoms with E-state index in [1.54, 1.807) is 0 Å². The lowest BCUT2D eigenvalue weighted by molar-refractivity contribution is 0.340. The lowest BCUT2D eigenvalue weighted by Crippen LogP contribution is -2.25. The number of thiocarbonyl (C=S) groups is 1. The van der Waals surface area contributed by atoms with E-state index < -0.39 is 0 Å². The van der Waals surface area contributed by atoms with Gasteiger partial charge in [-0.3, -0.25) is 0 Å². The summed E-state index contributed by atoms with van der Waals surface area (Å²) in [5.74, 6) is 0. The normalized spacial score (nSPS) is 15.5. The SMILES string of the molecule is CC(C)=CCC/C(C)=C/CC/C(C)=C/COC(=S)NC1CC1. The summed E-state index contributed by atoms with van der Waals surface area (Å²) in [6, 6.07) is 0.567. The average molecular weight is 322 g/mol. The molecule has 0 aromatic rings. The standard InChI is InChI=1S/C19H31NOS/c1-15(2)7-5-8-16(3)9-6-10-17(4)13-14-21-19(22)20-18-11-12-18/h7,9,13,18H,5-6,8,10-12,14H2,1-4H3,(H,20,22)/b16-9+,17-13+. The second-order valence-electron chi connectivity index (χ2n) is 6.48. The summed E-state index contributed by atoms with van der Waals surface area (Å²) in [5, 5.41) is 3.72. The molecule has 0 aliphatic heterocycles. The Bertz CT molecular complexity index is 440. The van der Waals surface area contributed by atoms with Gasteiger partial charge in [0, 0.05) is 6.04 Å². The molecule has 0 spiro atoms. The zero-order valence-corrected chi connectivity index (χ0v) is 15.4. The van der Waals surface area contributed by atoms with E-state index in [9.17, 15) is 0 Å². The Morgan fingerprint density at radius 2 is 1.59 bits per heavy atom. The van der Waals surface area contributed by atoms with Crippen molar-refractivity contribution < 1.29 is 4.74 Å². The van der Waals surface area contributed by atoms with E-state index in [4.69, 9.17) is 17.0 Å². The van der Waals surface area contributed by atoms with E-state index in [0.29, 0.717) is 17.8 Å². The smallest absolute Gasteiger partial charge is 0.257 e. The van der Waals surface area contributed by atoms with Crippen LogP contribution in [0.1, 0.15) is 66.2 Å². The van der Waals surface area contributed by atoms with Crippen LogP contribution >= 0.6 is 12.2 Å². The molecule has 0 aromatic carbocycles. The Hall–Kier alpha value is -1.09. The van der Waals surface area contributed by atoms with E-state index in [0.717, 1.165) is 25.7 Å². The lowest BCUT2D eigenvalue weighted by atomic mass is 10.1. The van der Waals surface area contributed by atoms with Crippen LogP contribution in [0.4, 0.5) is 0 Å². The minimum Gasteiger partial charge on any atom is -0.467 e. The number of hydrogen-bond donors (Lipinski definition) is 1. The van der Waals surface area contributed by atoms with Crippen molar-refractivity contribution in [3.05, 3.63) is 34.9 Å². The molecule has 1 rings (SSSR count). The topological polar surface area (TPSA) is 21.3 Å². The minimum atomic E-state index is 0.543. The summed E-state index contributed by atoms with van der Waals surface area (Å²) in [6.45, 7) is 9.27. The number of hydrogen-bond acceptors (Lipinski definition) is 2. The molecule has 0 amide bonds. The molecule has 1 fully saturated rings.